The van der Waals surface area contributed by atoms with Crippen molar-refractivity contribution in [3.8, 4) is 0 Å². The average molecular weight is 663 g/mol. The van der Waals surface area contributed by atoms with Gasteiger partial charge in [-0.3, -0.25) is 24.5 Å². The Morgan fingerprint density at radius 2 is 1.78 bits per heavy atom. The number of hydrogen-bond donors (Lipinski definition) is 0. The third kappa shape index (κ3) is 4.90. The number of ketones is 2. The van der Waals surface area contributed by atoms with Crippen LogP contribution in [0.25, 0.3) is 0 Å². The zero-order valence-corrected chi connectivity index (χ0v) is 27.4. The number of allylic oxidation sites excluding steroid dienone is 4. The first-order chi connectivity index (χ1) is 21.0. The quantitative estimate of drug-likeness (QED) is 0.139. The van der Waals surface area contributed by atoms with Gasteiger partial charge >= 0.3 is 12.1 Å². The largest absolute Gasteiger partial charge is 0.509 e. The van der Waals surface area contributed by atoms with E-state index in [0.717, 1.165) is 5.57 Å². The van der Waals surface area contributed by atoms with Crippen LogP contribution in [0.2, 0.25) is 0 Å². The molecule has 10 nitrogen and oxygen atoms in total. The second-order valence-electron chi connectivity index (χ2n) is 13.3. The van der Waals surface area contributed by atoms with Gasteiger partial charge in [-0.05, 0) is 55.2 Å². The summed E-state index contributed by atoms with van der Waals surface area (Å²) in [5, 5.41) is 10.6. The number of hydrogen-bond acceptors (Lipinski definition) is 9. The molecule has 1 aromatic carbocycles. The van der Waals surface area contributed by atoms with Gasteiger partial charge in [-0.2, -0.15) is 0 Å². The van der Waals surface area contributed by atoms with Gasteiger partial charge in [0.15, 0.2) is 18.0 Å². The smallest absolute Gasteiger partial charge is 0.450 e. The van der Waals surface area contributed by atoms with E-state index < -0.39 is 68.6 Å². The summed E-state index contributed by atoms with van der Waals surface area (Å²) >= 11 is 14.9. The van der Waals surface area contributed by atoms with Gasteiger partial charge in [0.1, 0.15) is 6.61 Å². The predicted molar refractivity (Wildman–Crippen MR) is 165 cm³/mol. The highest BCUT2D eigenvalue weighted by molar-refractivity contribution is 6.34. The standard InChI is InChI=1S/C33H37Cl2NO9/c1-18-12-25-24-13-19(2)33(45-20(3)37,28(39)17-44-29(40)43-16-21-8-6-7-9-26(21)36(41)42)31(24,5)15-27(34)32(25,35)30(4)11-10-22(38)14-23(18)30/h6-11,14,18-19,24-25,27H,12-13,15-17H2,1-5H3/t18-,19+,24-,25-,27-,30-,31-,32-,33-/m0/s1. The lowest BCUT2D eigenvalue weighted by molar-refractivity contribution is -0.385. The van der Waals surface area contributed by atoms with Crippen LogP contribution in [-0.4, -0.2) is 51.1 Å². The molecule has 4 aliphatic rings. The Balaban J connectivity index is 1.42. The number of ether oxygens (including phenoxy) is 3. The van der Waals surface area contributed by atoms with Crippen molar-refractivity contribution in [3.63, 3.8) is 0 Å². The first-order valence-electron chi connectivity index (χ1n) is 15.1. The normalized spacial score (nSPS) is 38.2. The summed E-state index contributed by atoms with van der Waals surface area (Å²) in [4.78, 5) is 61.5. The molecule has 0 aromatic heterocycles. The molecular formula is C33H37Cl2NO9. The molecular weight excluding hydrogens is 625 g/mol. The topological polar surface area (TPSA) is 139 Å². The highest BCUT2D eigenvalue weighted by Crippen LogP contribution is 2.73. The number of para-hydroxylation sites is 1. The first-order valence-corrected chi connectivity index (χ1v) is 15.9. The zero-order valence-electron chi connectivity index (χ0n) is 25.8. The van der Waals surface area contributed by atoms with Crippen molar-refractivity contribution < 1.29 is 38.3 Å². The lowest BCUT2D eigenvalue weighted by Gasteiger charge is -2.65. The maximum atomic E-state index is 14.2. The molecule has 0 aliphatic heterocycles. The van der Waals surface area contributed by atoms with Gasteiger partial charge < -0.3 is 14.2 Å². The molecule has 9 atom stereocenters. The number of carbonyl (C=O) groups excluding carboxylic acids is 4. The molecule has 0 N–H and O–H groups in total. The van der Waals surface area contributed by atoms with Crippen LogP contribution < -0.4 is 0 Å². The Hall–Kier alpha value is -3.24. The van der Waals surface area contributed by atoms with E-state index in [-0.39, 0.29) is 41.2 Å². The van der Waals surface area contributed by atoms with E-state index in [1.807, 2.05) is 26.8 Å². The number of esters is 1. The molecule has 242 valence electrons. The van der Waals surface area contributed by atoms with Crippen LogP contribution in [0.5, 0.6) is 0 Å². The number of nitro groups is 1. The molecule has 12 heteroatoms. The van der Waals surface area contributed by atoms with E-state index in [0.29, 0.717) is 12.8 Å². The summed E-state index contributed by atoms with van der Waals surface area (Å²) in [5.41, 5.74) is -2.47. The van der Waals surface area contributed by atoms with Crippen LogP contribution >= 0.6 is 23.2 Å². The van der Waals surface area contributed by atoms with Gasteiger partial charge in [0.2, 0.25) is 5.78 Å². The third-order valence-corrected chi connectivity index (χ3v) is 12.6. The Labute approximate surface area is 271 Å². The van der Waals surface area contributed by atoms with Gasteiger partial charge in [-0.15, -0.1) is 23.2 Å². The monoisotopic (exact) mass is 661 g/mol. The van der Waals surface area contributed by atoms with E-state index in [4.69, 9.17) is 37.4 Å². The molecule has 45 heavy (non-hydrogen) atoms. The Kier molecular flexibility index (Phi) is 8.49. The van der Waals surface area contributed by atoms with Gasteiger partial charge in [0.05, 0.1) is 20.7 Å². The Morgan fingerprint density at radius 1 is 1.09 bits per heavy atom. The molecule has 0 heterocycles. The van der Waals surface area contributed by atoms with Gasteiger partial charge in [-0.1, -0.05) is 51.5 Å². The van der Waals surface area contributed by atoms with Crippen molar-refractivity contribution in [2.75, 3.05) is 6.61 Å². The molecule has 0 amide bonds. The molecule has 0 saturated heterocycles. The van der Waals surface area contributed by atoms with Crippen LogP contribution in [-0.2, 0) is 35.2 Å². The molecule has 1 aromatic rings. The second kappa shape index (κ2) is 11.5. The summed E-state index contributed by atoms with van der Waals surface area (Å²) < 4.78 is 16.3. The number of nitro benzene ring substituents is 1. The Morgan fingerprint density at radius 3 is 2.44 bits per heavy atom. The van der Waals surface area contributed by atoms with Crippen molar-refractivity contribution in [2.45, 2.75) is 76.3 Å². The SMILES string of the molecule is CC(=O)O[C@]1(C(=O)COC(=O)OCc2ccccc2[N+](=O)[O-])[C@H](C)C[C@H]2[C@@H]3C[C@H](C)C4=CC(=O)C=C[C@]4(C)[C@@]3(Cl)[C@@H](Cl)C[C@@]21C. The zero-order chi connectivity index (χ0) is 33.1. The minimum absolute atomic E-state index is 0.0141. The first kappa shape index (κ1) is 33.1. The van der Waals surface area contributed by atoms with Crippen LogP contribution in [0.4, 0.5) is 10.5 Å². The van der Waals surface area contributed by atoms with Crippen molar-refractivity contribution in [1.29, 1.82) is 0 Å². The Bertz CT molecular complexity index is 1520. The minimum atomic E-state index is -1.67. The van der Waals surface area contributed by atoms with E-state index in [1.54, 1.807) is 12.1 Å². The van der Waals surface area contributed by atoms with Crippen molar-refractivity contribution >= 4 is 52.6 Å². The minimum Gasteiger partial charge on any atom is -0.450 e. The number of alkyl halides is 2. The van der Waals surface area contributed by atoms with Gasteiger partial charge in [-0.25, -0.2) is 4.79 Å². The van der Waals surface area contributed by atoms with Crippen LogP contribution in [0.15, 0.2) is 48.1 Å². The molecule has 4 aliphatic carbocycles. The number of nitrogens with zero attached hydrogens (tertiary/aromatic N) is 1. The van der Waals surface area contributed by atoms with Gasteiger partial charge in [0.25, 0.3) is 5.69 Å². The number of fused-ring (bicyclic) bond motifs is 5. The second-order valence-corrected chi connectivity index (χ2v) is 14.5. The summed E-state index contributed by atoms with van der Waals surface area (Å²) in [7, 11) is 0. The number of halogens is 2. The van der Waals surface area contributed by atoms with Crippen LogP contribution in [0.1, 0.15) is 59.4 Å². The summed E-state index contributed by atoms with van der Waals surface area (Å²) in [6.45, 7) is 7.88. The van der Waals surface area contributed by atoms with E-state index in [1.165, 1.54) is 31.2 Å². The highest BCUT2D eigenvalue weighted by Gasteiger charge is 2.76. The van der Waals surface area contributed by atoms with Crippen LogP contribution in [0.3, 0.4) is 0 Å². The van der Waals surface area contributed by atoms with E-state index >= 15 is 0 Å². The van der Waals surface area contributed by atoms with E-state index in [2.05, 4.69) is 6.92 Å². The summed E-state index contributed by atoms with van der Waals surface area (Å²) in [5.74, 6) is -2.21. The lowest BCUT2D eigenvalue weighted by atomic mass is 9.45. The molecule has 5 rings (SSSR count). The van der Waals surface area contributed by atoms with Crippen molar-refractivity contribution in [3.05, 3.63) is 63.7 Å². The van der Waals surface area contributed by atoms with E-state index in [9.17, 15) is 29.3 Å². The molecule has 3 saturated carbocycles. The van der Waals surface area contributed by atoms with Gasteiger partial charge in [0, 0.05) is 29.7 Å². The maximum Gasteiger partial charge on any atom is 0.509 e. The molecule has 0 spiro atoms. The number of rotatable bonds is 7. The fourth-order valence-electron chi connectivity index (χ4n) is 9.17. The van der Waals surface area contributed by atoms with Crippen molar-refractivity contribution in [2.24, 2.45) is 34.5 Å². The predicted octanol–water partition coefficient (Wildman–Crippen LogP) is 6.50. The third-order valence-electron chi connectivity index (χ3n) is 11.0. The fourth-order valence-corrected chi connectivity index (χ4v) is 10.4. The number of Topliss-reactive ketones (excluding diaryl/α,β-unsaturated/α-hetero) is 1. The average Bonchev–Trinajstić information content (AvgIpc) is 3.19. The molecule has 0 unspecified atom stereocenters. The number of carbonyl (C=O) groups is 4. The highest BCUT2D eigenvalue weighted by atomic mass is 35.5. The fraction of sp³-hybridized carbons (Fsp3) is 0.576. The summed E-state index contributed by atoms with van der Waals surface area (Å²) in [6.07, 6.45) is 5.23. The van der Waals surface area contributed by atoms with Crippen molar-refractivity contribution in [1.82, 2.24) is 0 Å². The van der Waals surface area contributed by atoms with Crippen LogP contribution in [0, 0.1) is 44.6 Å². The number of benzene rings is 1. The maximum absolute atomic E-state index is 14.2. The molecule has 3 fully saturated rings. The molecule has 0 radical (unpaired) electrons. The molecule has 0 bridgehead atoms. The lowest BCUT2D eigenvalue weighted by Crippen LogP contribution is -2.69. The summed E-state index contributed by atoms with van der Waals surface area (Å²) in [6, 6.07) is 5.79.